The number of fused-ring (bicyclic) bond motifs is 10. The maximum absolute atomic E-state index is 12.4. The molecule has 0 aliphatic carbocycles. The number of ether oxygens (including phenoxy) is 3. The third-order valence-electron chi connectivity index (χ3n) is 14.6. The summed E-state index contributed by atoms with van der Waals surface area (Å²) < 4.78 is 26.4. The van der Waals surface area contributed by atoms with Crippen molar-refractivity contribution in [2.75, 3.05) is 6.61 Å². The third-order valence-corrected chi connectivity index (χ3v) is 19.6. The minimum atomic E-state index is -1.48. The van der Waals surface area contributed by atoms with E-state index in [1.54, 1.807) is 11.3 Å². The summed E-state index contributed by atoms with van der Waals surface area (Å²) in [6, 6.07) is 29.8. The molecule has 7 heterocycles. The Morgan fingerprint density at radius 2 is 0.759 bits per heavy atom. The molecule has 87 heavy (non-hydrogen) atoms. The Labute approximate surface area is 515 Å². The van der Waals surface area contributed by atoms with Gasteiger partial charge in [0.25, 0.3) is 41.9 Å². The summed E-state index contributed by atoms with van der Waals surface area (Å²) in [4.78, 5) is 139. The van der Waals surface area contributed by atoms with Gasteiger partial charge in [-0.2, -0.15) is 4.79 Å². The molecule has 4 aromatic carbocycles. The van der Waals surface area contributed by atoms with Gasteiger partial charge in [0.05, 0.1) is 25.4 Å². The first kappa shape index (κ1) is 63.3. The highest BCUT2D eigenvalue weighted by Crippen LogP contribution is 2.46. The molecule has 8 aromatic rings. The quantitative estimate of drug-likeness (QED) is 0.0179. The number of amides is 6. The predicted molar refractivity (Wildman–Crippen MR) is 327 cm³/mol. The Bertz CT molecular complexity index is 3830. The van der Waals surface area contributed by atoms with Gasteiger partial charge in [0.2, 0.25) is 0 Å². The number of thiophene rings is 4. The van der Waals surface area contributed by atoms with Crippen LogP contribution in [0.2, 0.25) is 0 Å². The molecule has 24 heteroatoms. The lowest BCUT2D eigenvalue weighted by molar-refractivity contribution is -0.198. The molecule has 0 spiro atoms. The Morgan fingerprint density at radius 3 is 1.16 bits per heavy atom. The molecule has 4 aromatic heterocycles. The molecule has 3 saturated heterocycles. The summed E-state index contributed by atoms with van der Waals surface area (Å²) in [7, 11) is 0. The van der Waals surface area contributed by atoms with Crippen molar-refractivity contribution in [1.82, 2.24) is 15.2 Å². The first-order valence-corrected chi connectivity index (χ1v) is 32.1. The van der Waals surface area contributed by atoms with E-state index in [1.165, 1.54) is 59.1 Å². The van der Waals surface area contributed by atoms with Crippen molar-refractivity contribution in [2.45, 2.75) is 148 Å². The number of esters is 2. The highest BCUT2D eigenvalue weighted by atomic mass is 32.1. The van der Waals surface area contributed by atoms with Gasteiger partial charge in [0, 0.05) is 98.1 Å². The molecule has 0 bridgehead atoms. The number of unbranched alkanes of at least 4 members (excludes halogenated alkanes) is 8. The Kier molecular flexibility index (Phi) is 21.8. The van der Waals surface area contributed by atoms with Crippen LogP contribution in [0.1, 0.15) is 159 Å². The number of nitrogens with zero attached hydrogens (tertiary/aromatic N) is 3. The maximum Gasteiger partial charge on any atom is 0.560 e. The van der Waals surface area contributed by atoms with E-state index in [-0.39, 0.29) is 79.2 Å². The minimum absolute atomic E-state index is 0.0618. The van der Waals surface area contributed by atoms with Crippen LogP contribution in [0.15, 0.2) is 84.9 Å². The second kappa shape index (κ2) is 29.9. The predicted octanol–water partition coefficient (Wildman–Crippen LogP) is 13.9. The first-order valence-electron chi connectivity index (χ1n) is 28.9. The lowest BCUT2D eigenvalue weighted by Gasteiger charge is -2.15. The van der Waals surface area contributed by atoms with Crippen LogP contribution in [0, 0.1) is 0 Å². The van der Waals surface area contributed by atoms with Crippen molar-refractivity contribution in [3.63, 3.8) is 0 Å². The summed E-state index contributed by atoms with van der Waals surface area (Å²) in [6.45, 7) is 4.81. The van der Waals surface area contributed by atoms with Crippen molar-refractivity contribution >= 4 is 170 Å². The minimum Gasteiger partial charge on any atom is -0.468 e. The smallest absolute Gasteiger partial charge is 0.468 e. The molecule has 3 fully saturated rings. The van der Waals surface area contributed by atoms with E-state index in [2.05, 4.69) is 99.3 Å². The van der Waals surface area contributed by atoms with Crippen LogP contribution < -0.4 is 0 Å². The molecule has 6 amide bonds. The lowest BCUT2D eigenvalue weighted by atomic mass is 10.1. The van der Waals surface area contributed by atoms with Crippen LogP contribution in [-0.4, -0.2) is 87.8 Å². The molecule has 2 atom stereocenters. The Hall–Kier alpha value is -8.19. The van der Waals surface area contributed by atoms with Crippen molar-refractivity contribution in [2.24, 2.45) is 0 Å². The Morgan fingerprint density at radius 1 is 0.425 bits per heavy atom. The van der Waals surface area contributed by atoms with E-state index in [0.29, 0.717) is 37.4 Å². The van der Waals surface area contributed by atoms with Crippen LogP contribution in [0.4, 0.5) is 4.79 Å². The molecule has 3 aliphatic rings. The summed E-state index contributed by atoms with van der Waals surface area (Å²) in [6.07, 6.45) is 7.41. The van der Waals surface area contributed by atoms with Gasteiger partial charge in [-0.1, -0.05) is 109 Å². The van der Waals surface area contributed by atoms with Gasteiger partial charge in [-0.05, 0) is 74.9 Å². The summed E-state index contributed by atoms with van der Waals surface area (Å²) in [5.74, 6) is -4.59. The Balaban J connectivity index is 0.000000165. The summed E-state index contributed by atoms with van der Waals surface area (Å²) >= 11 is 7.27. The number of rotatable bonds is 24. The number of hydrogen-bond acceptors (Lipinski definition) is 21. The van der Waals surface area contributed by atoms with Gasteiger partial charge in [0.15, 0.2) is 0 Å². The van der Waals surface area contributed by atoms with Crippen LogP contribution >= 0.6 is 45.3 Å². The lowest BCUT2D eigenvalue weighted by Crippen LogP contribution is -2.37. The topological polar surface area (TPSA) is 253 Å². The SMILES string of the molecule is CC(OC(=O)CCCCCCCC(=O)ON1C(=O)CCC1=O)c1ccc2c(c1)sc1c3ccccc3sc21.CC(OC(=O)CCCCCCCOC=O)c1ccc2c(c1)sc1c3ccccc3sc21.O=C(ON1C(=O)CCC1=O)ON1C(=O)CCC1=O. The standard InChI is InChI=1S/C29H29NO6S2.C25H26O4S2.C9H8N2O7/c1-18(19-13-14-21-23(17-19)38-28-20-9-7-8-10-22(20)37-29(21)28)35-26(33)11-5-3-2-4-6-12-27(34)36-30-24(31)15-16-25(30)32;1-17(29-23(27)11-5-3-2-4-8-14-28-16-26)18-12-13-20-22(15-18)31-24-19-9-6-7-10-21(19)30-25(20)24;12-5-1-2-6(13)10(5)17-9(16)18-11-7(14)3-4-8(11)15/h7-10,13-14,17-18H,2-6,11-12,15-16H2,1H3;6-7,9-10,12-13,15-17H,2-5,8,11,14H2,1H3;1-4H2. The van der Waals surface area contributed by atoms with Gasteiger partial charge >= 0.3 is 24.1 Å². The zero-order valence-electron chi connectivity index (χ0n) is 47.9. The fourth-order valence-corrected chi connectivity index (χ4v) is 15.4. The second-order valence-electron chi connectivity index (χ2n) is 20.9. The number of carbonyl (C=O) groups is 11. The molecule has 20 nitrogen and oxygen atoms in total. The zero-order chi connectivity index (χ0) is 61.6. The van der Waals surface area contributed by atoms with Gasteiger partial charge < -0.3 is 19.0 Å². The fraction of sp³-hybridized carbons (Fsp3) is 0.381. The van der Waals surface area contributed by atoms with E-state index in [0.717, 1.165) is 68.9 Å². The molecule has 456 valence electrons. The van der Waals surface area contributed by atoms with Gasteiger partial charge in [-0.25, -0.2) is 4.79 Å². The van der Waals surface area contributed by atoms with Gasteiger partial charge in [-0.3, -0.25) is 52.8 Å². The van der Waals surface area contributed by atoms with Crippen LogP contribution in [0.5, 0.6) is 0 Å². The largest absolute Gasteiger partial charge is 0.560 e. The normalized spacial score (nSPS) is 14.9. The fourth-order valence-electron chi connectivity index (χ4n) is 9.99. The molecule has 0 N–H and O–H groups in total. The highest BCUT2D eigenvalue weighted by molar-refractivity contribution is 7.37. The van der Waals surface area contributed by atoms with Crippen molar-refractivity contribution in [3.8, 4) is 0 Å². The van der Waals surface area contributed by atoms with Crippen LogP contribution in [0.25, 0.3) is 59.1 Å². The first-order chi connectivity index (χ1) is 42.1. The van der Waals surface area contributed by atoms with E-state index in [9.17, 15) is 52.7 Å². The van der Waals surface area contributed by atoms with Gasteiger partial charge in [-0.15, -0.1) is 50.4 Å². The number of carbonyl (C=O) groups excluding carboxylic acids is 11. The number of hydrogen-bond donors (Lipinski definition) is 0. The van der Waals surface area contributed by atoms with Crippen LogP contribution in [-0.2, 0) is 76.7 Å². The maximum atomic E-state index is 12.4. The molecule has 3 aliphatic heterocycles. The molecular formula is C63H63N3O17S4. The van der Waals surface area contributed by atoms with Gasteiger partial charge in [0.1, 0.15) is 12.2 Å². The molecule has 2 unspecified atom stereocenters. The molecular weight excluding hydrogens is 1200 g/mol. The third kappa shape index (κ3) is 16.1. The number of benzene rings is 4. The van der Waals surface area contributed by atoms with Crippen molar-refractivity contribution in [1.29, 1.82) is 0 Å². The van der Waals surface area contributed by atoms with E-state index >= 15 is 0 Å². The summed E-state index contributed by atoms with van der Waals surface area (Å²) in [5, 5.41) is 6.24. The van der Waals surface area contributed by atoms with Crippen LogP contribution in [0.3, 0.4) is 0 Å². The number of imide groups is 3. The van der Waals surface area contributed by atoms with E-state index in [1.807, 2.05) is 47.9 Å². The molecule has 0 radical (unpaired) electrons. The molecule has 0 saturated carbocycles. The molecule has 11 rings (SSSR count). The van der Waals surface area contributed by atoms with E-state index in [4.69, 9.17) is 14.3 Å². The average Bonchev–Trinajstić information content (AvgIpc) is 1.83. The average molecular weight is 1260 g/mol. The summed E-state index contributed by atoms with van der Waals surface area (Å²) in [5.41, 5.74) is 2.03. The highest BCUT2D eigenvalue weighted by Gasteiger charge is 2.38. The second-order valence-corrected chi connectivity index (χ2v) is 25.1. The van der Waals surface area contributed by atoms with Crippen molar-refractivity contribution in [3.05, 3.63) is 96.1 Å². The van der Waals surface area contributed by atoms with E-state index < -0.39 is 47.6 Å². The van der Waals surface area contributed by atoms with Crippen molar-refractivity contribution < 1.29 is 81.5 Å². The number of hydroxylamine groups is 6. The zero-order valence-corrected chi connectivity index (χ0v) is 51.1. The monoisotopic (exact) mass is 1260 g/mol.